The summed E-state index contributed by atoms with van der Waals surface area (Å²) in [7, 11) is -1.80. The molecule has 0 aliphatic rings. The number of aliphatic imine (C=N–C) groups is 1. The maximum Gasteiger partial charge on any atom is 0.182 e. The highest BCUT2D eigenvalue weighted by Crippen LogP contribution is 2.07. The van der Waals surface area contributed by atoms with E-state index < -0.39 is 8.32 Å². The Labute approximate surface area is 70.5 Å². The Balaban J connectivity index is 3.36. The van der Waals surface area contributed by atoms with Gasteiger partial charge in [-0.25, -0.2) is 0 Å². The minimum Gasteiger partial charge on any atom is -0.432 e. The molecular formula is C8H19NOSi. The Hall–Kier alpha value is -0.153. The van der Waals surface area contributed by atoms with E-state index in [0.29, 0.717) is 0 Å². The molecule has 11 heavy (non-hydrogen) atoms. The summed E-state index contributed by atoms with van der Waals surface area (Å²) >= 11 is 0. The van der Waals surface area contributed by atoms with E-state index in [4.69, 9.17) is 0 Å². The first-order valence-electron chi connectivity index (χ1n) is 4.12. The van der Waals surface area contributed by atoms with Gasteiger partial charge in [0.05, 0.1) is 0 Å². The van der Waals surface area contributed by atoms with Crippen molar-refractivity contribution in [2.24, 2.45) is 4.99 Å². The zero-order chi connectivity index (χ0) is 8.91. The smallest absolute Gasteiger partial charge is 0.182 e. The number of hydrogen-bond donors (Lipinski definition) is 1. The fourth-order valence-corrected chi connectivity index (χ4v) is 1.84. The summed E-state index contributed by atoms with van der Waals surface area (Å²) in [6.45, 7) is 8.81. The van der Waals surface area contributed by atoms with E-state index in [1.165, 1.54) is 0 Å². The second-order valence-electron chi connectivity index (χ2n) is 3.74. The first-order valence-corrected chi connectivity index (χ1v) is 7.27. The third-order valence-corrected chi connectivity index (χ3v) is 2.95. The average molecular weight is 173 g/mol. The van der Waals surface area contributed by atoms with Gasteiger partial charge in [-0.3, -0.25) is 4.99 Å². The van der Waals surface area contributed by atoms with Crippen molar-refractivity contribution in [3.05, 3.63) is 0 Å². The van der Waals surface area contributed by atoms with Gasteiger partial charge in [0.25, 0.3) is 0 Å². The quantitative estimate of drug-likeness (QED) is 0.394. The summed E-state index contributed by atoms with van der Waals surface area (Å²) in [6.07, 6.45) is 1.03. The van der Waals surface area contributed by atoms with Crippen molar-refractivity contribution < 1.29 is 4.80 Å². The fourth-order valence-electron chi connectivity index (χ4n) is 0.814. The van der Waals surface area contributed by atoms with Crippen LogP contribution in [0.1, 0.15) is 20.3 Å². The van der Waals surface area contributed by atoms with Gasteiger partial charge < -0.3 is 4.80 Å². The van der Waals surface area contributed by atoms with Gasteiger partial charge in [0.1, 0.15) is 0 Å². The second-order valence-corrected chi connectivity index (χ2v) is 7.87. The SMILES string of the molecule is CC(C)=NCCC[Si](C)(C)O. The van der Waals surface area contributed by atoms with Crippen molar-refractivity contribution in [3.8, 4) is 0 Å². The third-order valence-electron chi connectivity index (χ3n) is 1.37. The lowest BCUT2D eigenvalue weighted by Crippen LogP contribution is -2.24. The van der Waals surface area contributed by atoms with Crippen molar-refractivity contribution in [2.45, 2.75) is 39.4 Å². The molecule has 0 saturated carbocycles. The summed E-state index contributed by atoms with van der Waals surface area (Å²) < 4.78 is 0. The maximum atomic E-state index is 9.47. The Bertz CT molecular complexity index is 134. The van der Waals surface area contributed by atoms with Crippen LogP contribution in [0.2, 0.25) is 19.1 Å². The lowest BCUT2D eigenvalue weighted by molar-refractivity contribution is 0.544. The first kappa shape index (κ1) is 10.8. The largest absolute Gasteiger partial charge is 0.432 e. The lowest BCUT2D eigenvalue weighted by Gasteiger charge is -2.11. The molecule has 0 aromatic carbocycles. The summed E-state index contributed by atoms with van der Waals surface area (Å²) in [5, 5.41) is 0. The van der Waals surface area contributed by atoms with Crippen LogP contribution in [-0.4, -0.2) is 25.4 Å². The monoisotopic (exact) mass is 173 g/mol. The summed E-state index contributed by atoms with van der Waals surface area (Å²) in [4.78, 5) is 13.7. The van der Waals surface area contributed by atoms with Gasteiger partial charge in [-0.1, -0.05) is 0 Å². The predicted molar refractivity (Wildman–Crippen MR) is 52.8 cm³/mol. The molecule has 0 fully saturated rings. The van der Waals surface area contributed by atoms with Crippen molar-refractivity contribution in [1.82, 2.24) is 0 Å². The predicted octanol–water partition coefficient (Wildman–Crippen LogP) is 2.05. The summed E-state index contributed by atoms with van der Waals surface area (Å²) in [6, 6.07) is 0.962. The van der Waals surface area contributed by atoms with Crippen molar-refractivity contribution in [3.63, 3.8) is 0 Å². The Kier molecular flexibility index (Phi) is 4.60. The molecule has 0 amide bonds. The molecule has 1 N–H and O–H groups in total. The van der Waals surface area contributed by atoms with Crippen LogP contribution in [0.3, 0.4) is 0 Å². The number of rotatable bonds is 4. The van der Waals surface area contributed by atoms with E-state index in [9.17, 15) is 4.80 Å². The van der Waals surface area contributed by atoms with Gasteiger partial charge in [0.2, 0.25) is 0 Å². The summed E-state index contributed by atoms with van der Waals surface area (Å²) in [5.41, 5.74) is 1.13. The number of nitrogens with zero attached hydrogens (tertiary/aromatic N) is 1. The van der Waals surface area contributed by atoms with E-state index >= 15 is 0 Å². The summed E-state index contributed by atoms with van der Waals surface area (Å²) in [5.74, 6) is 0. The van der Waals surface area contributed by atoms with E-state index in [-0.39, 0.29) is 0 Å². The van der Waals surface area contributed by atoms with Gasteiger partial charge >= 0.3 is 0 Å². The zero-order valence-electron chi connectivity index (χ0n) is 8.02. The zero-order valence-corrected chi connectivity index (χ0v) is 9.02. The molecule has 0 radical (unpaired) electrons. The van der Waals surface area contributed by atoms with Crippen molar-refractivity contribution >= 4 is 14.0 Å². The number of hydrogen-bond acceptors (Lipinski definition) is 2. The third kappa shape index (κ3) is 9.85. The Morgan fingerprint density at radius 2 is 1.91 bits per heavy atom. The molecule has 3 heteroatoms. The van der Waals surface area contributed by atoms with Crippen LogP contribution in [0, 0.1) is 0 Å². The molecule has 0 rings (SSSR count). The molecule has 0 heterocycles. The van der Waals surface area contributed by atoms with Gasteiger partial charge in [-0.15, -0.1) is 0 Å². The maximum absolute atomic E-state index is 9.47. The molecule has 66 valence electrons. The molecule has 0 bridgehead atoms. The Morgan fingerprint density at radius 3 is 2.27 bits per heavy atom. The molecule has 0 aliphatic heterocycles. The van der Waals surface area contributed by atoms with Crippen LogP contribution in [0.15, 0.2) is 4.99 Å². The van der Waals surface area contributed by atoms with E-state index in [0.717, 1.165) is 24.7 Å². The van der Waals surface area contributed by atoms with Gasteiger partial charge in [0.15, 0.2) is 8.32 Å². The minimum absolute atomic E-state index is 0.874. The topological polar surface area (TPSA) is 32.6 Å². The van der Waals surface area contributed by atoms with Gasteiger partial charge in [0, 0.05) is 12.3 Å². The minimum atomic E-state index is -1.80. The fraction of sp³-hybridized carbons (Fsp3) is 0.875. The van der Waals surface area contributed by atoms with E-state index in [1.807, 2.05) is 26.9 Å². The van der Waals surface area contributed by atoms with Gasteiger partial charge in [-0.2, -0.15) is 0 Å². The molecule has 0 aromatic rings. The highest BCUT2D eigenvalue weighted by Gasteiger charge is 2.14. The first-order chi connectivity index (χ1) is 4.92. The molecule has 0 aromatic heterocycles. The van der Waals surface area contributed by atoms with Crippen LogP contribution in [0.25, 0.3) is 0 Å². The average Bonchev–Trinajstić information content (AvgIpc) is 1.78. The molecule has 0 atom stereocenters. The molecule has 0 unspecified atom stereocenters. The van der Waals surface area contributed by atoms with Crippen LogP contribution in [-0.2, 0) is 0 Å². The Morgan fingerprint density at radius 1 is 1.36 bits per heavy atom. The van der Waals surface area contributed by atoms with E-state index in [2.05, 4.69) is 4.99 Å². The highest BCUT2D eigenvalue weighted by atomic mass is 28.4. The molecule has 0 aliphatic carbocycles. The lowest BCUT2D eigenvalue weighted by atomic mass is 10.4. The second kappa shape index (κ2) is 4.67. The van der Waals surface area contributed by atoms with E-state index in [1.54, 1.807) is 0 Å². The standard InChI is InChI=1S/C8H19NOSi/c1-8(2)9-6-5-7-11(3,4)10/h10H,5-7H2,1-4H3. The van der Waals surface area contributed by atoms with Crippen LogP contribution >= 0.6 is 0 Å². The molecule has 0 saturated heterocycles. The van der Waals surface area contributed by atoms with Crippen LogP contribution < -0.4 is 0 Å². The van der Waals surface area contributed by atoms with Gasteiger partial charge in [-0.05, 0) is 39.4 Å². The van der Waals surface area contributed by atoms with Crippen molar-refractivity contribution in [1.29, 1.82) is 0 Å². The van der Waals surface area contributed by atoms with Crippen LogP contribution in [0.5, 0.6) is 0 Å². The van der Waals surface area contributed by atoms with Crippen LogP contribution in [0.4, 0.5) is 0 Å². The molecule has 0 spiro atoms. The normalized spacial score (nSPS) is 11.4. The highest BCUT2D eigenvalue weighted by molar-refractivity contribution is 6.69. The van der Waals surface area contributed by atoms with Crippen molar-refractivity contribution in [2.75, 3.05) is 6.54 Å². The molecular weight excluding hydrogens is 154 g/mol. The molecule has 2 nitrogen and oxygen atoms in total.